The van der Waals surface area contributed by atoms with E-state index in [0.717, 1.165) is 13.1 Å². The van der Waals surface area contributed by atoms with E-state index >= 15 is 0 Å². The highest BCUT2D eigenvalue weighted by Crippen LogP contribution is 2.25. The minimum atomic E-state index is -0.434. The molecule has 1 fully saturated rings. The van der Waals surface area contributed by atoms with Crippen molar-refractivity contribution in [2.75, 3.05) is 31.1 Å². The number of amides is 1. The van der Waals surface area contributed by atoms with Gasteiger partial charge in [0, 0.05) is 31.9 Å². The van der Waals surface area contributed by atoms with Crippen molar-refractivity contribution in [2.45, 2.75) is 52.6 Å². The van der Waals surface area contributed by atoms with Crippen LogP contribution in [0.3, 0.4) is 0 Å². The maximum absolute atomic E-state index is 12.1. The van der Waals surface area contributed by atoms with Gasteiger partial charge in [-0.3, -0.25) is 0 Å². The SMILES string of the molecule is CC(C)(C)OC(=O)N1CCN(c2ccc(C(C)(C)C)cc2)CC1. The van der Waals surface area contributed by atoms with Crippen LogP contribution in [0.15, 0.2) is 24.3 Å². The summed E-state index contributed by atoms with van der Waals surface area (Å²) in [5.74, 6) is 0. The maximum atomic E-state index is 12.1. The van der Waals surface area contributed by atoms with Gasteiger partial charge >= 0.3 is 6.09 Å². The highest BCUT2D eigenvalue weighted by molar-refractivity contribution is 5.68. The predicted molar refractivity (Wildman–Crippen MR) is 95.2 cm³/mol. The molecule has 0 aliphatic carbocycles. The Morgan fingerprint density at radius 3 is 1.87 bits per heavy atom. The Bertz CT molecular complexity index is 530. The molecule has 4 heteroatoms. The molecule has 1 saturated heterocycles. The number of anilines is 1. The number of carbonyl (C=O) groups is 1. The van der Waals surface area contributed by atoms with Gasteiger partial charge in [0.05, 0.1) is 0 Å². The van der Waals surface area contributed by atoms with Gasteiger partial charge in [0.15, 0.2) is 0 Å². The van der Waals surface area contributed by atoms with Crippen LogP contribution in [0.5, 0.6) is 0 Å². The van der Waals surface area contributed by atoms with Gasteiger partial charge < -0.3 is 14.5 Å². The number of hydrogen-bond donors (Lipinski definition) is 0. The van der Waals surface area contributed by atoms with Gasteiger partial charge in [0.1, 0.15) is 5.60 Å². The lowest BCUT2D eigenvalue weighted by Gasteiger charge is -2.37. The van der Waals surface area contributed by atoms with Gasteiger partial charge in [-0.1, -0.05) is 32.9 Å². The Balaban J connectivity index is 1.93. The molecule has 0 saturated carbocycles. The van der Waals surface area contributed by atoms with Crippen molar-refractivity contribution in [2.24, 2.45) is 0 Å². The molecule has 1 aromatic carbocycles. The first kappa shape index (κ1) is 17.6. The zero-order chi connectivity index (χ0) is 17.3. The average molecular weight is 318 g/mol. The Kier molecular flexibility index (Phi) is 4.92. The van der Waals surface area contributed by atoms with Crippen molar-refractivity contribution in [3.8, 4) is 0 Å². The first-order valence-electron chi connectivity index (χ1n) is 8.40. The molecule has 2 rings (SSSR count). The molecule has 0 spiro atoms. The fourth-order valence-corrected chi connectivity index (χ4v) is 2.65. The number of rotatable bonds is 1. The average Bonchev–Trinajstić information content (AvgIpc) is 2.45. The van der Waals surface area contributed by atoms with Crippen LogP contribution < -0.4 is 4.90 Å². The quantitative estimate of drug-likeness (QED) is 0.783. The van der Waals surface area contributed by atoms with Crippen molar-refractivity contribution in [3.05, 3.63) is 29.8 Å². The van der Waals surface area contributed by atoms with Crippen LogP contribution in [0.4, 0.5) is 10.5 Å². The molecular weight excluding hydrogens is 288 g/mol. The van der Waals surface area contributed by atoms with E-state index in [0.29, 0.717) is 13.1 Å². The number of nitrogens with zero attached hydrogens (tertiary/aromatic N) is 2. The Labute approximate surface area is 140 Å². The lowest BCUT2D eigenvalue weighted by atomic mass is 9.87. The van der Waals surface area contributed by atoms with E-state index in [-0.39, 0.29) is 11.5 Å². The van der Waals surface area contributed by atoms with E-state index in [9.17, 15) is 4.79 Å². The lowest BCUT2D eigenvalue weighted by Crippen LogP contribution is -2.50. The second-order valence-corrected chi connectivity index (χ2v) is 8.25. The van der Waals surface area contributed by atoms with Crippen LogP contribution in [0.25, 0.3) is 0 Å². The van der Waals surface area contributed by atoms with Crippen molar-refractivity contribution >= 4 is 11.8 Å². The minimum absolute atomic E-state index is 0.175. The molecule has 0 N–H and O–H groups in total. The van der Waals surface area contributed by atoms with E-state index in [2.05, 4.69) is 49.9 Å². The third kappa shape index (κ3) is 4.88. The standard InChI is InChI=1S/C19H30N2O2/c1-18(2,3)15-7-9-16(10-8-15)20-11-13-21(14-12-20)17(22)23-19(4,5)6/h7-10H,11-14H2,1-6H3. The summed E-state index contributed by atoms with van der Waals surface area (Å²) in [6.07, 6.45) is -0.208. The number of piperazine rings is 1. The summed E-state index contributed by atoms with van der Waals surface area (Å²) in [4.78, 5) is 16.2. The topological polar surface area (TPSA) is 32.8 Å². The third-order valence-corrected chi connectivity index (χ3v) is 4.03. The zero-order valence-corrected chi connectivity index (χ0v) is 15.3. The largest absolute Gasteiger partial charge is 0.444 e. The summed E-state index contributed by atoms with van der Waals surface area (Å²) in [6.45, 7) is 15.5. The molecule has 1 aliphatic heterocycles. The minimum Gasteiger partial charge on any atom is -0.444 e. The van der Waals surface area contributed by atoms with Gasteiger partial charge in [-0.25, -0.2) is 4.79 Å². The van der Waals surface area contributed by atoms with Gasteiger partial charge in [0.2, 0.25) is 0 Å². The van der Waals surface area contributed by atoms with Crippen molar-refractivity contribution < 1.29 is 9.53 Å². The Morgan fingerprint density at radius 2 is 1.43 bits per heavy atom. The van der Waals surface area contributed by atoms with Gasteiger partial charge in [0.25, 0.3) is 0 Å². The fourth-order valence-electron chi connectivity index (χ4n) is 2.65. The smallest absolute Gasteiger partial charge is 0.410 e. The summed E-state index contributed by atoms with van der Waals surface area (Å²) in [7, 11) is 0. The second-order valence-electron chi connectivity index (χ2n) is 8.25. The number of benzene rings is 1. The maximum Gasteiger partial charge on any atom is 0.410 e. The molecule has 1 aliphatic rings. The van der Waals surface area contributed by atoms with Crippen LogP contribution in [0.2, 0.25) is 0 Å². The van der Waals surface area contributed by atoms with Crippen LogP contribution in [-0.2, 0) is 10.2 Å². The molecule has 23 heavy (non-hydrogen) atoms. The number of carbonyl (C=O) groups excluding carboxylic acids is 1. The summed E-state index contributed by atoms with van der Waals surface area (Å²) in [5.41, 5.74) is 2.31. The summed E-state index contributed by atoms with van der Waals surface area (Å²) < 4.78 is 5.44. The molecular formula is C19H30N2O2. The van der Waals surface area contributed by atoms with E-state index in [1.807, 2.05) is 20.8 Å². The molecule has 4 nitrogen and oxygen atoms in total. The van der Waals surface area contributed by atoms with Crippen LogP contribution in [-0.4, -0.2) is 42.8 Å². The molecule has 0 unspecified atom stereocenters. The van der Waals surface area contributed by atoms with Crippen molar-refractivity contribution in [3.63, 3.8) is 0 Å². The highest BCUT2D eigenvalue weighted by atomic mass is 16.6. The van der Waals surface area contributed by atoms with Gasteiger partial charge in [-0.2, -0.15) is 0 Å². The van der Waals surface area contributed by atoms with E-state index in [1.165, 1.54) is 11.3 Å². The number of hydrogen-bond acceptors (Lipinski definition) is 3. The summed E-state index contributed by atoms with van der Waals surface area (Å²) in [5, 5.41) is 0. The molecule has 0 bridgehead atoms. The highest BCUT2D eigenvalue weighted by Gasteiger charge is 2.26. The lowest BCUT2D eigenvalue weighted by molar-refractivity contribution is 0.0240. The van der Waals surface area contributed by atoms with Crippen LogP contribution in [0.1, 0.15) is 47.1 Å². The van der Waals surface area contributed by atoms with Gasteiger partial charge in [-0.05, 0) is 43.9 Å². The normalized spacial score (nSPS) is 16.4. The molecule has 1 amide bonds. The molecule has 0 atom stereocenters. The molecule has 1 heterocycles. The van der Waals surface area contributed by atoms with E-state index < -0.39 is 5.60 Å². The fraction of sp³-hybridized carbons (Fsp3) is 0.632. The van der Waals surface area contributed by atoms with Crippen molar-refractivity contribution in [1.29, 1.82) is 0 Å². The summed E-state index contributed by atoms with van der Waals surface area (Å²) in [6, 6.07) is 8.78. The molecule has 1 aromatic rings. The predicted octanol–water partition coefficient (Wildman–Crippen LogP) is 4.04. The first-order chi connectivity index (χ1) is 10.6. The monoisotopic (exact) mass is 318 g/mol. The zero-order valence-electron chi connectivity index (χ0n) is 15.3. The van der Waals surface area contributed by atoms with Gasteiger partial charge in [-0.15, -0.1) is 0 Å². The second kappa shape index (κ2) is 6.42. The molecule has 0 radical (unpaired) electrons. The first-order valence-corrected chi connectivity index (χ1v) is 8.40. The van der Waals surface area contributed by atoms with E-state index in [1.54, 1.807) is 4.90 Å². The van der Waals surface area contributed by atoms with Crippen LogP contribution >= 0.6 is 0 Å². The number of ether oxygens (including phenoxy) is 1. The van der Waals surface area contributed by atoms with Crippen LogP contribution in [0, 0.1) is 0 Å². The van der Waals surface area contributed by atoms with Crippen molar-refractivity contribution in [1.82, 2.24) is 4.90 Å². The molecule has 0 aromatic heterocycles. The third-order valence-electron chi connectivity index (χ3n) is 4.03. The molecule has 128 valence electrons. The Hall–Kier alpha value is -1.71. The van der Waals surface area contributed by atoms with E-state index in [4.69, 9.17) is 4.74 Å². The summed E-state index contributed by atoms with van der Waals surface area (Å²) >= 11 is 0. The Morgan fingerprint density at radius 1 is 0.913 bits per heavy atom.